The molecule has 1 atom stereocenters. The van der Waals surface area contributed by atoms with Gasteiger partial charge in [-0.2, -0.15) is 0 Å². The van der Waals surface area contributed by atoms with Gasteiger partial charge in [-0.3, -0.25) is 9.52 Å². The Bertz CT molecular complexity index is 1210. The molecule has 174 valence electrons. The Morgan fingerprint density at radius 3 is 2.27 bits per heavy atom. The summed E-state index contributed by atoms with van der Waals surface area (Å²) in [5.74, 6) is 0.917. The molecule has 0 aliphatic carbocycles. The van der Waals surface area contributed by atoms with Crippen molar-refractivity contribution in [1.29, 1.82) is 0 Å². The van der Waals surface area contributed by atoms with E-state index in [9.17, 15) is 13.2 Å². The standard InChI is InChI=1S/C24H25ClN2O5S/c1-16-4-11-21(12-5-16)33(29,30)27-18-6-13-23(25)22(14-18)24(28)26-17(2)15-32-20-9-7-19(31-3)8-10-20/h4-14,17,27H,15H2,1-3H3,(H,26,28)/t17-/m0/s1. The highest BCUT2D eigenvalue weighted by atomic mass is 35.5. The van der Waals surface area contributed by atoms with Crippen LogP contribution >= 0.6 is 11.6 Å². The van der Waals surface area contributed by atoms with Crippen molar-refractivity contribution >= 4 is 33.2 Å². The summed E-state index contributed by atoms with van der Waals surface area (Å²) in [4.78, 5) is 12.9. The predicted octanol–water partition coefficient (Wildman–Crippen LogP) is 4.66. The lowest BCUT2D eigenvalue weighted by Crippen LogP contribution is -2.37. The van der Waals surface area contributed by atoms with Crippen molar-refractivity contribution in [2.75, 3.05) is 18.4 Å². The smallest absolute Gasteiger partial charge is 0.261 e. The molecule has 0 fully saturated rings. The molecule has 0 aliphatic rings. The van der Waals surface area contributed by atoms with E-state index in [-0.39, 0.29) is 33.8 Å². The number of ether oxygens (including phenoxy) is 2. The Morgan fingerprint density at radius 1 is 1.00 bits per heavy atom. The summed E-state index contributed by atoms with van der Waals surface area (Å²) in [6.07, 6.45) is 0. The largest absolute Gasteiger partial charge is 0.497 e. The van der Waals surface area contributed by atoms with Crippen LogP contribution in [-0.4, -0.2) is 34.1 Å². The fourth-order valence-corrected chi connectivity index (χ4v) is 4.18. The molecule has 0 aromatic heterocycles. The summed E-state index contributed by atoms with van der Waals surface area (Å²) in [7, 11) is -2.22. The number of nitrogens with one attached hydrogen (secondary N) is 2. The van der Waals surface area contributed by atoms with E-state index in [1.54, 1.807) is 50.4 Å². The summed E-state index contributed by atoms with van der Waals surface area (Å²) >= 11 is 6.20. The minimum absolute atomic E-state index is 0.123. The molecule has 7 nitrogen and oxygen atoms in total. The van der Waals surface area contributed by atoms with Gasteiger partial charge < -0.3 is 14.8 Å². The average Bonchev–Trinajstić information content (AvgIpc) is 2.79. The number of benzene rings is 3. The molecule has 0 aliphatic heterocycles. The Morgan fingerprint density at radius 2 is 1.64 bits per heavy atom. The van der Waals surface area contributed by atoms with Gasteiger partial charge in [-0.25, -0.2) is 8.42 Å². The number of rotatable bonds is 9. The van der Waals surface area contributed by atoms with E-state index in [0.717, 1.165) is 11.3 Å². The molecule has 1 amide bonds. The maximum atomic E-state index is 12.8. The molecule has 0 bridgehead atoms. The van der Waals surface area contributed by atoms with Gasteiger partial charge in [0.05, 0.1) is 28.6 Å². The first-order valence-electron chi connectivity index (χ1n) is 10.1. The molecular weight excluding hydrogens is 464 g/mol. The number of aryl methyl sites for hydroxylation is 1. The third-order valence-electron chi connectivity index (χ3n) is 4.73. The van der Waals surface area contributed by atoms with Crippen LogP contribution in [0.15, 0.2) is 71.6 Å². The molecule has 2 N–H and O–H groups in total. The number of halogens is 1. The number of carbonyl (C=O) groups excluding carboxylic acids is 1. The van der Waals surface area contributed by atoms with Gasteiger partial charge >= 0.3 is 0 Å². The molecular formula is C24H25ClN2O5S. The lowest BCUT2D eigenvalue weighted by Gasteiger charge is -2.16. The van der Waals surface area contributed by atoms with Gasteiger partial charge in [0.15, 0.2) is 0 Å². The normalized spacial score (nSPS) is 12.0. The second-order valence-corrected chi connectivity index (χ2v) is 9.56. The number of hydrogen-bond donors (Lipinski definition) is 2. The first-order valence-corrected chi connectivity index (χ1v) is 12.0. The first-order chi connectivity index (χ1) is 15.7. The minimum Gasteiger partial charge on any atom is -0.497 e. The molecule has 0 radical (unpaired) electrons. The van der Waals surface area contributed by atoms with Crippen LogP contribution in [0.1, 0.15) is 22.8 Å². The zero-order chi connectivity index (χ0) is 24.0. The van der Waals surface area contributed by atoms with Gasteiger partial charge in [-0.15, -0.1) is 0 Å². The topological polar surface area (TPSA) is 93.7 Å². The lowest BCUT2D eigenvalue weighted by atomic mass is 10.2. The quantitative estimate of drug-likeness (QED) is 0.457. The van der Waals surface area contributed by atoms with Crippen molar-refractivity contribution in [3.05, 3.63) is 82.9 Å². The van der Waals surface area contributed by atoms with E-state index in [0.29, 0.717) is 5.75 Å². The van der Waals surface area contributed by atoms with Gasteiger partial charge in [-0.1, -0.05) is 29.3 Å². The molecule has 0 heterocycles. The summed E-state index contributed by atoms with van der Waals surface area (Å²) < 4.78 is 38.6. The lowest BCUT2D eigenvalue weighted by molar-refractivity contribution is 0.0927. The SMILES string of the molecule is COc1ccc(OC[C@H](C)NC(=O)c2cc(NS(=O)(=O)c3ccc(C)cc3)ccc2Cl)cc1. The van der Waals surface area contributed by atoms with Gasteiger partial charge in [0, 0.05) is 5.69 Å². The molecule has 9 heteroatoms. The van der Waals surface area contributed by atoms with E-state index >= 15 is 0 Å². The van der Waals surface area contributed by atoms with Crippen LogP contribution in [0.25, 0.3) is 0 Å². The number of methoxy groups -OCH3 is 1. The zero-order valence-electron chi connectivity index (χ0n) is 18.5. The van der Waals surface area contributed by atoms with Crippen molar-refractivity contribution in [2.24, 2.45) is 0 Å². The van der Waals surface area contributed by atoms with Gasteiger partial charge in [0.25, 0.3) is 15.9 Å². The Kier molecular flexibility index (Phi) is 7.84. The van der Waals surface area contributed by atoms with Crippen molar-refractivity contribution < 1.29 is 22.7 Å². The number of amides is 1. The number of sulfonamides is 1. The summed E-state index contributed by atoms with van der Waals surface area (Å²) in [5.41, 5.74) is 1.33. The molecule has 3 rings (SSSR count). The molecule has 3 aromatic carbocycles. The number of hydrogen-bond acceptors (Lipinski definition) is 5. The molecule has 3 aromatic rings. The van der Waals surface area contributed by atoms with Crippen LogP contribution in [-0.2, 0) is 10.0 Å². The highest BCUT2D eigenvalue weighted by molar-refractivity contribution is 7.92. The fraction of sp³-hybridized carbons (Fsp3) is 0.208. The minimum atomic E-state index is -3.81. The number of carbonyl (C=O) groups is 1. The summed E-state index contributed by atoms with van der Waals surface area (Å²) in [6.45, 7) is 3.89. The molecule has 0 unspecified atom stereocenters. The van der Waals surface area contributed by atoms with E-state index in [1.807, 2.05) is 6.92 Å². The summed E-state index contributed by atoms with van der Waals surface area (Å²) in [6, 6.07) is 17.6. The van der Waals surface area contributed by atoms with Crippen LogP contribution in [0.4, 0.5) is 5.69 Å². The van der Waals surface area contributed by atoms with Crippen molar-refractivity contribution in [3.8, 4) is 11.5 Å². The molecule has 0 saturated heterocycles. The van der Waals surface area contributed by atoms with Crippen molar-refractivity contribution in [3.63, 3.8) is 0 Å². The van der Waals surface area contributed by atoms with E-state index in [4.69, 9.17) is 21.1 Å². The highest BCUT2D eigenvalue weighted by Gasteiger charge is 2.18. The highest BCUT2D eigenvalue weighted by Crippen LogP contribution is 2.23. The van der Waals surface area contributed by atoms with Crippen LogP contribution in [0.2, 0.25) is 5.02 Å². The van der Waals surface area contributed by atoms with Crippen LogP contribution in [0.3, 0.4) is 0 Å². The van der Waals surface area contributed by atoms with Gasteiger partial charge in [0.2, 0.25) is 0 Å². The van der Waals surface area contributed by atoms with Crippen LogP contribution in [0.5, 0.6) is 11.5 Å². The van der Waals surface area contributed by atoms with E-state index in [1.165, 1.54) is 30.3 Å². The Labute approximate surface area is 198 Å². The van der Waals surface area contributed by atoms with Gasteiger partial charge in [0.1, 0.15) is 18.1 Å². The van der Waals surface area contributed by atoms with Crippen LogP contribution < -0.4 is 19.5 Å². The van der Waals surface area contributed by atoms with E-state index < -0.39 is 15.9 Å². The van der Waals surface area contributed by atoms with Crippen molar-refractivity contribution in [2.45, 2.75) is 24.8 Å². The fourth-order valence-electron chi connectivity index (χ4n) is 2.93. The summed E-state index contributed by atoms with van der Waals surface area (Å²) in [5, 5.41) is 3.01. The van der Waals surface area contributed by atoms with Crippen LogP contribution in [0, 0.1) is 6.92 Å². The maximum absolute atomic E-state index is 12.8. The first kappa shape index (κ1) is 24.4. The average molecular weight is 489 g/mol. The predicted molar refractivity (Wildman–Crippen MR) is 129 cm³/mol. The van der Waals surface area contributed by atoms with Gasteiger partial charge in [-0.05, 0) is 68.4 Å². The maximum Gasteiger partial charge on any atom is 0.261 e. The Balaban J connectivity index is 1.65. The molecule has 0 saturated carbocycles. The van der Waals surface area contributed by atoms with Crippen molar-refractivity contribution in [1.82, 2.24) is 5.32 Å². The second-order valence-electron chi connectivity index (χ2n) is 7.47. The second kappa shape index (κ2) is 10.6. The zero-order valence-corrected chi connectivity index (χ0v) is 20.0. The third kappa shape index (κ3) is 6.63. The van der Waals surface area contributed by atoms with E-state index in [2.05, 4.69) is 10.0 Å². The molecule has 0 spiro atoms. The monoisotopic (exact) mass is 488 g/mol. The Hall–Kier alpha value is -3.23. The third-order valence-corrected chi connectivity index (χ3v) is 6.46. The molecule has 33 heavy (non-hydrogen) atoms. The number of anilines is 1.